The zero-order chi connectivity index (χ0) is 26.6. The molecule has 2 amide bonds. The molecule has 198 valence electrons. The molecule has 0 saturated heterocycles. The van der Waals surface area contributed by atoms with Crippen molar-refractivity contribution in [2.45, 2.75) is 55.8 Å². The summed E-state index contributed by atoms with van der Waals surface area (Å²) >= 11 is 0. The van der Waals surface area contributed by atoms with Crippen molar-refractivity contribution in [2.24, 2.45) is 0 Å². The molecule has 0 bridgehead atoms. The summed E-state index contributed by atoms with van der Waals surface area (Å²) in [6, 6.07) is 2.89. The molecular weight excluding hydrogens is 493 g/mol. The van der Waals surface area contributed by atoms with Gasteiger partial charge in [0.25, 0.3) is 0 Å². The Morgan fingerprint density at radius 3 is 2.26 bits per heavy atom. The summed E-state index contributed by atoms with van der Waals surface area (Å²) < 4.78 is 64.0. The number of nitrogens with zero attached hydrogens (tertiary/aromatic N) is 1. The average Bonchev–Trinajstić information content (AvgIpc) is 2.82. The molecule has 0 saturated carbocycles. The van der Waals surface area contributed by atoms with Gasteiger partial charge in [0.1, 0.15) is 29.6 Å². The first kappa shape index (κ1) is 30.2. The molecule has 0 aromatic heterocycles. The standard InChI is InChI=1S/C21H31F3N4O6S/c1-4-12-28(35(32)15-10-8-14(25)9-11-15)16(19(30)33-2)6-5-7-17(21(22,23)24)27-18(29)13-26-20(31)34-3/h8-11,16-17H,4-7,12-13,25H2,1-3H3,(H,26,31)(H,27,29)/t16?,17-,35?/m1/s1. The highest BCUT2D eigenvalue weighted by atomic mass is 32.2. The Morgan fingerprint density at radius 2 is 1.74 bits per heavy atom. The smallest absolute Gasteiger partial charge is 0.408 e. The third kappa shape index (κ3) is 10.1. The topological polar surface area (TPSA) is 140 Å². The van der Waals surface area contributed by atoms with E-state index >= 15 is 0 Å². The molecule has 0 aliphatic rings. The second-order valence-electron chi connectivity index (χ2n) is 7.44. The summed E-state index contributed by atoms with van der Waals surface area (Å²) in [5.41, 5.74) is 6.12. The van der Waals surface area contributed by atoms with Crippen molar-refractivity contribution in [2.75, 3.05) is 33.0 Å². The lowest BCUT2D eigenvalue weighted by Gasteiger charge is -2.29. The summed E-state index contributed by atoms with van der Waals surface area (Å²) in [7, 11) is 0.387. The number of amides is 2. The van der Waals surface area contributed by atoms with Gasteiger partial charge < -0.3 is 25.8 Å². The minimum Gasteiger partial charge on any atom is -0.468 e. The van der Waals surface area contributed by atoms with Gasteiger partial charge >= 0.3 is 18.2 Å². The van der Waals surface area contributed by atoms with Crippen molar-refractivity contribution < 1.29 is 41.2 Å². The van der Waals surface area contributed by atoms with Crippen molar-refractivity contribution in [1.82, 2.24) is 14.9 Å². The van der Waals surface area contributed by atoms with E-state index in [4.69, 9.17) is 10.5 Å². The predicted octanol–water partition coefficient (Wildman–Crippen LogP) is 2.12. The first-order chi connectivity index (χ1) is 16.4. The summed E-state index contributed by atoms with van der Waals surface area (Å²) in [6.07, 6.45) is -6.01. The quantitative estimate of drug-likeness (QED) is 0.265. The van der Waals surface area contributed by atoms with Gasteiger partial charge in [-0.25, -0.2) is 13.3 Å². The fourth-order valence-corrected chi connectivity index (χ4v) is 4.52. The van der Waals surface area contributed by atoms with E-state index in [2.05, 4.69) is 4.74 Å². The number of nitrogen functional groups attached to an aromatic ring is 1. The van der Waals surface area contributed by atoms with E-state index in [0.717, 1.165) is 14.2 Å². The molecule has 0 fully saturated rings. The van der Waals surface area contributed by atoms with E-state index in [-0.39, 0.29) is 19.4 Å². The highest BCUT2D eigenvalue weighted by Gasteiger charge is 2.41. The van der Waals surface area contributed by atoms with Crippen molar-refractivity contribution in [3.05, 3.63) is 24.3 Å². The lowest BCUT2D eigenvalue weighted by molar-refractivity contribution is -0.163. The number of esters is 1. The van der Waals surface area contributed by atoms with Crippen LogP contribution in [0.25, 0.3) is 0 Å². The van der Waals surface area contributed by atoms with Gasteiger partial charge in [0, 0.05) is 12.2 Å². The molecule has 1 rings (SSSR count). The minimum atomic E-state index is -4.77. The number of anilines is 1. The number of halogens is 3. The van der Waals surface area contributed by atoms with E-state index in [1.165, 1.54) is 4.31 Å². The maximum atomic E-state index is 13.5. The third-order valence-corrected chi connectivity index (χ3v) is 6.38. The van der Waals surface area contributed by atoms with Crippen LogP contribution in [0.2, 0.25) is 0 Å². The van der Waals surface area contributed by atoms with Crippen LogP contribution in [0.5, 0.6) is 0 Å². The number of alkyl carbamates (subject to hydrolysis) is 1. The van der Waals surface area contributed by atoms with Gasteiger partial charge in [0.15, 0.2) is 0 Å². The Balaban J connectivity index is 2.94. The molecule has 0 aliphatic heterocycles. The zero-order valence-electron chi connectivity index (χ0n) is 19.7. The van der Waals surface area contributed by atoms with Gasteiger partial charge in [-0.05, 0) is 49.9 Å². The maximum absolute atomic E-state index is 13.5. The Kier molecular flexibility index (Phi) is 12.5. The number of alkyl halides is 3. The molecule has 35 heavy (non-hydrogen) atoms. The highest BCUT2D eigenvalue weighted by molar-refractivity contribution is 7.82. The van der Waals surface area contributed by atoms with Crippen molar-refractivity contribution in [3.8, 4) is 0 Å². The van der Waals surface area contributed by atoms with Crippen LogP contribution < -0.4 is 16.4 Å². The van der Waals surface area contributed by atoms with E-state index in [0.29, 0.717) is 17.0 Å². The second kappa shape index (κ2) is 14.5. The maximum Gasteiger partial charge on any atom is 0.408 e. The molecule has 1 aromatic carbocycles. The number of methoxy groups -OCH3 is 2. The van der Waals surface area contributed by atoms with Crippen LogP contribution in [0.4, 0.5) is 23.7 Å². The number of hydrogen-bond acceptors (Lipinski definition) is 7. The van der Waals surface area contributed by atoms with Crippen molar-refractivity contribution in [3.63, 3.8) is 0 Å². The van der Waals surface area contributed by atoms with Crippen LogP contribution in [-0.4, -0.2) is 72.1 Å². The van der Waals surface area contributed by atoms with E-state index in [9.17, 15) is 31.8 Å². The number of benzene rings is 1. The molecule has 0 heterocycles. The average molecular weight is 525 g/mol. The Hall–Kier alpha value is -2.87. The lowest BCUT2D eigenvalue weighted by Crippen LogP contribution is -2.49. The van der Waals surface area contributed by atoms with Crippen LogP contribution in [0.1, 0.15) is 32.6 Å². The lowest BCUT2D eigenvalue weighted by atomic mass is 10.0. The normalized spacial score (nSPS) is 14.0. The van der Waals surface area contributed by atoms with Crippen molar-refractivity contribution in [1.29, 1.82) is 0 Å². The molecule has 0 spiro atoms. The third-order valence-electron chi connectivity index (χ3n) is 4.84. The van der Waals surface area contributed by atoms with Crippen molar-refractivity contribution >= 4 is 34.6 Å². The molecular formula is C21H31F3N4O6S. The SMILES string of the molecule is CCCN(C(CCC[C@@H](NC(=O)CNC(=O)OC)C(F)(F)F)C(=O)OC)S(=O)c1ccc(N)cc1. The first-order valence-corrected chi connectivity index (χ1v) is 11.8. The van der Waals surface area contributed by atoms with E-state index in [1.54, 1.807) is 31.2 Å². The van der Waals surface area contributed by atoms with Gasteiger partial charge in [-0.2, -0.15) is 13.2 Å². The van der Waals surface area contributed by atoms with Crippen LogP contribution in [-0.2, 0) is 30.0 Å². The van der Waals surface area contributed by atoms with Gasteiger partial charge in [-0.15, -0.1) is 0 Å². The number of nitrogens with one attached hydrogen (secondary N) is 2. The van der Waals surface area contributed by atoms with Gasteiger partial charge in [-0.1, -0.05) is 6.92 Å². The molecule has 2 unspecified atom stereocenters. The number of hydrogen-bond donors (Lipinski definition) is 3. The second-order valence-corrected chi connectivity index (χ2v) is 8.87. The van der Waals surface area contributed by atoms with Gasteiger partial charge in [0.2, 0.25) is 5.91 Å². The monoisotopic (exact) mass is 524 g/mol. The Labute approximate surface area is 204 Å². The van der Waals surface area contributed by atoms with Gasteiger partial charge in [-0.3, -0.25) is 9.59 Å². The predicted molar refractivity (Wildman–Crippen MR) is 122 cm³/mol. The highest BCUT2D eigenvalue weighted by Crippen LogP contribution is 2.26. The van der Waals surface area contributed by atoms with E-state index in [1.807, 2.05) is 10.6 Å². The van der Waals surface area contributed by atoms with Crippen LogP contribution in [0.15, 0.2) is 29.2 Å². The number of carbonyl (C=O) groups is 3. The summed E-state index contributed by atoms with van der Waals surface area (Å²) in [4.78, 5) is 35.7. The van der Waals surface area contributed by atoms with Crippen LogP contribution in [0.3, 0.4) is 0 Å². The van der Waals surface area contributed by atoms with E-state index < -0.39 is 60.2 Å². The molecule has 0 radical (unpaired) electrons. The Bertz CT molecular complexity index is 870. The molecule has 3 atom stereocenters. The summed E-state index contributed by atoms with van der Waals surface area (Å²) in [6.45, 7) is 1.32. The zero-order valence-corrected chi connectivity index (χ0v) is 20.5. The fourth-order valence-electron chi connectivity index (χ4n) is 3.11. The van der Waals surface area contributed by atoms with Crippen LogP contribution >= 0.6 is 0 Å². The molecule has 0 aliphatic carbocycles. The number of rotatable bonds is 13. The largest absolute Gasteiger partial charge is 0.468 e. The number of ether oxygens (including phenoxy) is 2. The molecule has 1 aromatic rings. The minimum absolute atomic E-state index is 0.101. The fraction of sp³-hybridized carbons (Fsp3) is 0.571. The number of nitrogens with two attached hydrogens (primary N) is 1. The molecule has 10 nitrogen and oxygen atoms in total. The summed E-state index contributed by atoms with van der Waals surface area (Å²) in [5, 5.41) is 3.82. The van der Waals surface area contributed by atoms with Gasteiger partial charge in [0.05, 0.1) is 19.1 Å². The molecule has 4 N–H and O–H groups in total. The Morgan fingerprint density at radius 1 is 1.11 bits per heavy atom. The van der Waals surface area contributed by atoms with Crippen LogP contribution in [0, 0.1) is 0 Å². The molecule has 14 heteroatoms. The number of carbonyl (C=O) groups excluding carboxylic acids is 3. The summed E-state index contributed by atoms with van der Waals surface area (Å²) in [5.74, 6) is -1.79. The first-order valence-electron chi connectivity index (χ1n) is 10.7.